The number of hydrogen-bond donors (Lipinski definition) is 1. The molecule has 0 aromatic carbocycles. The largest absolute Gasteiger partial charge is 0.441 e. The Morgan fingerprint density at radius 1 is 1.12 bits per heavy atom. The average molecular weight is 257 g/mol. The first kappa shape index (κ1) is 16.1. The lowest BCUT2D eigenvalue weighted by Crippen LogP contribution is -2.28. The number of alkyl halides is 3. The van der Waals surface area contributed by atoms with Crippen molar-refractivity contribution in [2.75, 3.05) is 12.3 Å². The van der Waals surface area contributed by atoms with Crippen LogP contribution in [0.2, 0.25) is 0 Å². The van der Waals surface area contributed by atoms with Crippen molar-refractivity contribution in [3.8, 4) is 0 Å². The second kappa shape index (κ2) is 8.23. The van der Waals surface area contributed by atoms with Crippen LogP contribution >= 0.6 is 11.8 Å². The molecular weight excluding hydrogens is 235 g/mol. The third kappa shape index (κ3) is 12.2. The van der Waals surface area contributed by atoms with E-state index in [1.54, 1.807) is 0 Å². The van der Waals surface area contributed by atoms with E-state index in [1.165, 1.54) is 6.42 Å². The molecule has 0 saturated carbocycles. The monoisotopic (exact) mass is 257 g/mol. The Morgan fingerprint density at radius 3 is 2.25 bits per heavy atom. The highest BCUT2D eigenvalue weighted by Crippen LogP contribution is 2.29. The molecule has 0 radical (unpaired) electrons. The van der Waals surface area contributed by atoms with Gasteiger partial charge in [0.15, 0.2) is 0 Å². The summed E-state index contributed by atoms with van der Waals surface area (Å²) in [6, 6.07) is 0.313. The van der Waals surface area contributed by atoms with Crippen LogP contribution < -0.4 is 5.32 Å². The van der Waals surface area contributed by atoms with E-state index in [9.17, 15) is 13.2 Å². The van der Waals surface area contributed by atoms with Crippen molar-refractivity contribution in [3.05, 3.63) is 0 Å². The van der Waals surface area contributed by atoms with Gasteiger partial charge in [0.2, 0.25) is 0 Å². The second-order valence-corrected chi connectivity index (χ2v) is 5.63. The Kier molecular flexibility index (Phi) is 8.28. The predicted molar refractivity (Wildman–Crippen MR) is 64.7 cm³/mol. The van der Waals surface area contributed by atoms with E-state index in [4.69, 9.17) is 0 Å². The molecule has 0 heterocycles. The fourth-order valence-electron chi connectivity index (χ4n) is 1.41. The smallest absolute Gasteiger partial charge is 0.313 e. The zero-order valence-corrected chi connectivity index (χ0v) is 11.0. The molecule has 0 aromatic heterocycles. The molecule has 0 saturated heterocycles. The highest BCUT2D eigenvalue weighted by molar-refractivity contribution is 8.00. The molecule has 0 aromatic rings. The molecule has 0 aliphatic heterocycles. The summed E-state index contributed by atoms with van der Waals surface area (Å²) < 4.78 is 35.4. The third-order valence-corrected chi connectivity index (χ3v) is 3.01. The molecular formula is C11H22F3NS. The molecule has 0 aliphatic carbocycles. The number of hydrogen-bond acceptors (Lipinski definition) is 2. The summed E-state index contributed by atoms with van der Waals surface area (Å²) in [5.74, 6) is 0.797. The van der Waals surface area contributed by atoms with Crippen molar-refractivity contribution in [2.24, 2.45) is 5.92 Å². The van der Waals surface area contributed by atoms with Crippen LogP contribution in [0.1, 0.15) is 40.0 Å². The quantitative estimate of drug-likeness (QED) is 0.658. The van der Waals surface area contributed by atoms with Gasteiger partial charge in [0.05, 0.1) is 0 Å². The van der Waals surface area contributed by atoms with Crippen molar-refractivity contribution in [1.29, 1.82) is 0 Å². The Morgan fingerprint density at radius 2 is 1.75 bits per heavy atom. The van der Waals surface area contributed by atoms with Crippen LogP contribution in [0, 0.1) is 5.92 Å². The minimum atomic E-state index is -4.09. The normalized spacial score (nSPS) is 14.4. The summed E-state index contributed by atoms with van der Waals surface area (Å²) >= 11 is 0.0418. The first-order valence-electron chi connectivity index (χ1n) is 5.75. The molecule has 0 amide bonds. The van der Waals surface area contributed by atoms with Crippen LogP contribution in [0.4, 0.5) is 13.2 Å². The van der Waals surface area contributed by atoms with Gasteiger partial charge in [-0.1, -0.05) is 26.7 Å². The van der Waals surface area contributed by atoms with Gasteiger partial charge in [-0.15, -0.1) is 0 Å². The summed E-state index contributed by atoms with van der Waals surface area (Å²) in [7, 11) is 0. The van der Waals surface area contributed by atoms with Crippen LogP contribution in [-0.4, -0.2) is 23.8 Å². The molecule has 0 rings (SSSR count). The summed E-state index contributed by atoms with van der Waals surface area (Å²) in [6.45, 7) is 6.81. The highest BCUT2D eigenvalue weighted by Gasteiger charge is 2.27. The summed E-state index contributed by atoms with van der Waals surface area (Å²) in [6.07, 6.45) is 3.36. The van der Waals surface area contributed by atoms with Crippen LogP contribution in [0.15, 0.2) is 0 Å². The minimum Gasteiger partial charge on any atom is -0.313 e. The second-order valence-electron chi connectivity index (χ2n) is 4.47. The zero-order valence-electron chi connectivity index (χ0n) is 10.2. The molecule has 16 heavy (non-hydrogen) atoms. The van der Waals surface area contributed by atoms with Crippen LogP contribution in [0.3, 0.4) is 0 Å². The molecule has 0 fully saturated rings. The van der Waals surface area contributed by atoms with Gasteiger partial charge >= 0.3 is 5.51 Å². The maximum atomic E-state index is 11.8. The average Bonchev–Trinajstić information content (AvgIpc) is 2.10. The van der Waals surface area contributed by atoms with Gasteiger partial charge < -0.3 is 5.32 Å². The maximum Gasteiger partial charge on any atom is 0.441 e. The van der Waals surface area contributed by atoms with Gasteiger partial charge in [-0.25, -0.2) is 0 Å². The Balaban J connectivity index is 3.34. The topological polar surface area (TPSA) is 12.0 Å². The lowest BCUT2D eigenvalue weighted by atomic mass is 10.0. The summed E-state index contributed by atoms with van der Waals surface area (Å²) in [5.41, 5.74) is -4.09. The first-order valence-corrected chi connectivity index (χ1v) is 6.74. The Labute approximate surface area is 101 Å². The van der Waals surface area contributed by atoms with E-state index in [0.29, 0.717) is 18.5 Å². The van der Waals surface area contributed by atoms with E-state index in [0.717, 1.165) is 12.8 Å². The standard InChI is InChI=1S/C11H22F3NS/c1-9(2)5-4-6-10(3)15-7-8-16-11(12,13)14/h9-10,15H,4-8H2,1-3H3. The fraction of sp³-hybridized carbons (Fsp3) is 1.00. The van der Waals surface area contributed by atoms with Gasteiger partial charge in [0.25, 0.3) is 0 Å². The van der Waals surface area contributed by atoms with E-state index < -0.39 is 5.51 Å². The van der Waals surface area contributed by atoms with Gasteiger partial charge in [0, 0.05) is 18.3 Å². The van der Waals surface area contributed by atoms with Crippen molar-refractivity contribution in [3.63, 3.8) is 0 Å². The van der Waals surface area contributed by atoms with Crippen LogP contribution in [0.5, 0.6) is 0 Å². The molecule has 0 aliphatic rings. The lowest BCUT2D eigenvalue weighted by molar-refractivity contribution is -0.0327. The van der Waals surface area contributed by atoms with E-state index in [-0.39, 0.29) is 17.5 Å². The molecule has 5 heteroatoms. The summed E-state index contributed by atoms with van der Waals surface area (Å²) in [4.78, 5) is 0. The zero-order chi connectivity index (χ0) is 12.6. The summed E-state index contributed by atoms with van der Waals surface area (Å²) in [5, 5.41) is 3.11. The lowest BCUT2D eigenvalue weighted by Gasteiger charge is -2.14. The van der Waals surface area contributed by atoms with E-state index in [1.807, 2.05) is 6.92 Å². The SMILES string of the molecule is CC(C)CCCC(C)NCCSC(F)(F)F. The van der Waals surface area contributed by atoms with E-state index in [2.05, 4.69) is 19.2 Å². The molecule has 1 nitrogen and oxygen atoms in total. The third-order valence-electron chi connectivity index (χ3n) is 2.28. The van der Waals surface area contributed by atoms with E-state index >= 15 is 0 Å². The predicted octanol–water partition coefficient (Wildman–Crippen LogP) is 4.04. The number of rotatable bonds is 8. The molecule has 1 unspecified atom stereocenters. The first-order chi connectivity index (χ1) is 7.31. The van der Waals surface area contributed by atoms with Crippen molar-refractivity contribution in [1.82, 2.24) is 5.32 Å². The Bertz CT molecular complexity index is 171. The highest BCUT2D eigenvalue weighted by atomic mass is 32.2. The Hall–Kier alpha value is 0.100. The molecule has 1 N–H and O–H groups in total. The molecule has 0 spiro atoms. The van der Waals surface area contributed by atoms with Crippen LogP contribution in [0.25, 0.3) is 0 Å². The number of thioether (sulfide) groups is 1. The van der Waals surface area contributed by atoms with Crippen LogP contribution in [-0.2, 0) is 0 Å². The molecule has 0 bridgehead atoms. The number of nitrogens with one attached hydrogen (secondary N) is 1. The van der Waals surface area contributed by atoms with Gasteiger partial charge in [-0.3, -0.25) is 0 Å². The van der Waals surface area contributed by atoms with Gasteiger partial charge in [0.1, 0.15) is 0 Å². The molecule has 1 atom stereocenters. The molecule has 98 valence electrons. The maximum absolute atomic E-state index is 11.8. The number of halogens is 3. The van der Waals surface area contributed by atoms with Crippen molar-refractivity contribution in [2.45, 2.75) is 51.6 Å². The van der Waals surface area contributed by atoms with Gasteiger partial charge in [-0.2, -0.15) is 13.2 Å². The fourth-order valence-corrected chi connectivity index (χ4v) is 1.86. The van der Waals surface area contributed by atoms with Crippen molar-refractivity contribution >= 4 is 11.8 Å². The van der Waals surface area contributed by atoms with Crippen molar-refractivity contribution < 1.29 is 13.2 Å². The minimum absolute atomic E-state index is 0.0418. The van der Waals surface area contributed by atoms with Gasteiger partial charge in [-0.05, 0) is 31.0 Å².